The molecule has 2 heterocycles. The van der Waals surface area contributed by atoms with Gasteiger partial charge in [-0.15, -0.1) is 0 Å². The van der Waals surface area contributed by atoms with Crippen LogP contribution in [0.5, 0.6) is 0 Å². The largest absolute Gasteiger partial charge is 0.480 e. The number of hydrogen-bond donors (Lipinski definition) is 1. The SMILES string of the molecule is CCN1CCN(CC(=O)O)CC(C(C)C)N(C)Cc2cccc(n2)C1. The van der Waals surface area contributed by atoms with E-state index in [2.05, 4.69) is 60.7 Å². The predicted octanol–water partition coefficient (Wildman–Crippen LogP) is 1.76. The van der Waals surface area contributed by atoms with Crippen molar-refractivity contribution >= 4 is 5.97 Å². The van der Waals surface area contributed by atoms with E-state index < -0.39 is 5.97 Å². The van der Waals surface area contributed by atoms with Crippen LogP contribution in [0.4, 0.5) is 0 Å². The molecule has 6 nitrogen and oxygen atoms in total. The van der Waals surface area contributed by atoms with Crippen LogP contribution in [0.2, 0.25) is 0 Å². The van der Waals surface area contributed by atoms with E-state index in [1.165, 1.54) is 0 Å². The third kappa shape index (κ3) is 6.06. The number of carbonyl (C=O) groups is 1. The number of fused-ring (bicyclic) bond motifs is 2. The third-order valence-corrected chi connectivity index (χ3v) is 4.98. The summed E-state index contributed by atoms with van der Waals surface area (Å²) in [5.41, 5.74) is 2.16. The van der Waals surface area contributed by atoms with Crippen LogP contribution in [0.3, 0.4) is 0 Å². The standard InChI is InChI=1S/C19H32N4O2/c1-5-22-9-10-23(14-19(24)25)13-18(15(2)3)21(4)11-16-7-6-8-17(12-22)20-16/h6-8,15,18H,5,9-14H2,1-4H3,(H,24,25). The van der Waals surface area contributed by atoms with Crippen LogP contribution in [-0.4, -0.2) is 76.6 Å². The zero-order chi connectivity index (χ0) is 18.4. The fraction of sp³-hybridized carbons (Fsp3) is 0.684. The molecule has 0 spiro atoms. The highest BCUT2D eigenvalue weighted by molar-refractivity contribution is 5.69. The fourth-order valence-corrected chi connectivity index (χ4v) is 3.49. The van der Waals surface area contributed by atoms with E-state index >= 15 is 0 Å². The summed E-state index contributed by atoms with van der Waals surface area (Å²) in [6, 6.07) is 6.53. The van der Waals surface area contributed by atoms with E-state index in [1.807, 2.05) is 0 Å². The van der Waals surface area contributed by atoms with Gasteiger partial charge < -0.3 is 5.11 Å². The van der Waals surface area contributed by atoms with Gasteiger partial charge in [0.1, 0.15) is 0 Å². The highest BCUT2D eigenvalue weighted by Crippen LogP contribution is 2.16. The molecular formula is C19H32N4O2. The summed E-state index contributed by atoms with van der Waals surface area (Å²) in [5.74, 6) is -0.318. The van der Waals surface area contributed by atoms with Crippen molar-refractivity contribution in [3.63, 3.8) is 0 Å². The van der Waals surface area contributed by atoms with Crippen LogP contribution in [0, 0.1) is 5.92 Å². The van der Waals surface area contributed by atoms with Gasteiger partial charge in [-0.1, -0.05) is 26.8 Å². The highest BCUT2D eigenvalue weighted by atomic mass is 16.4. The van der Waals surface area contributed by atoms with E-state index in [0.717, 1.165) is 50.7 Å². The number of hydrogen-bond acceptors (Lipinski definition) is 5. The van der Waals surface area contributed by atoms with Gasteiger partial charge in [0.2, 0.25) is 0 Å². The lowest BCUT2D eigenvalue weighted by molar-refractivity contribution is -0.138. The van der Waals surface area contributed by atoms with Crippen molar-refractivity contribution in [2.45, 2.75) is 39.9 Å². The van der Waals surface area contributed by atoms with Crippen molar-refractivity contribution in [1.82, 2.24) is 19.7 Å². The van der Waals surface area contributed by atoms with Crippen LogP contribution >= 0.6 is 0 Å². The van der Waals surface area contributed by atoms with E-state index in [9.17, 15) is 9.90 Å². The van der Waals surface area contributed by atoms with E-state index in [4.69, 9.17) is 4.98 Å². The zero-order valence-corrected chi connectivity index (χ0v) is 16.0. The Kier molecular flexibility index (Phi) is 7.35. The number of aromatic nitrogens is 1. The number of nitrogens with zero attached hydrogens (tertiary/aromatic N) is 4. The Hall–Kier alpha value is -1.50. The van der Waals surface area contributed by atoms with Crippen molar-refractivity contribution in [1.29, 1.82) is 0 Å². The van der Waals surface area contributed by atoms with Crippen molar-refractivity contribution in [3.8, 4) is 0 Å². The molecule has 25 heavy (non-hydrogen) atoms. The van der Waals surface area contributed by atoms with Gasteiger partial charge in [0.25, 0.3) is 0 Å². The monoisotopic (exact) mass is 348 g/mol. The second kappa shape index (κ2) is 9.27. The first-order chi connectivity index (χ1) is 11.9. The van der Waals surface area contributed by atoms with E-state index in [1.54, 1.807) is 0 Å². The number of aliphatic carboxylic acids is 1. The van der Waals surface area contributed by atoms with Crippen molar-refractivity contribution in [2.75, 3.05) is 39.8 Å². The molecule has 0 aliphatic carbocycles. The molecule has 0 radical (unpaired) electrons. The van der Waals surface area contributed by atoms with Gasteiger partial charge in [-0.05, 0) is 31.6 Å². The van der Waals surface area contributed by atoms with Crippen molar-refractivity contribution in [3.05, 3.63) is 29.6 Å². The molecule has 0 amide bonds. The summed E-state index contributed by atoms with van der Waals surface area (Å²) in [4.78, 5) is 22.8. The van der Waals surface area contributed by atoms with Crippen LogP contribution in [0.15, 0.2) is 18.2 Å². The van der Waals surface area contributed by atoms with Gasteiger partial charge in [-0.3, -0.25) is 24.5 Å². The molecule has 1 atom stereocenters. The lowest BCUT2D eigenvalue weighted by atomic mass is 10.0. The summed E-state index contributed by atoms with van der Waals surface area (Å²) in [6.45, 7) is 11.5. The molecule has 0 saturated carbocycles. The molecule has 0 saturated heterocycles. The first kappa shape index (κ1) is 19.8. The predicted molar refractivity (Wildman–Crippen MR) is 99.4 cm³/mol. The lowest BCUT2D eigenvalue weighted by Crippen LogP contribution is -2.48. The molecule has 1 aromatic rings. The normalized spacial score (nSPS) is 21.7. The Morgan fingerprint density at radius 1 is 1.24 bits per heavy atom. The maximum absolute atomic E-state index is 11.3. The summed E-state index contributed by atoms with van der Waals surface area (Å²) in [6.07, 6.45) is 0. The summed E-state index contributed by atoms with van der Waals surface area (Å²) < 4.78 is 0. The van der Waals surface area contributed by atoms with E-state index in [-0.39, 0.29) is 6.54 Å². The molecule has 0 aromatic carbocycles. The molecule has 2 rings (SSSR count). The molecule has 1 aromatic heterocycles. The second-order valence-electron chi connectivity index (χ2n) is 7.34. The molecule has 0 fully saturated rings. The average molecular weight is 348 g/mol. The van der Waals surface area contributed by atoms with Gasteiger partial charge in [0.05, 0.1) is 17.9 Å². The lowest BCUT2D eigenvalue weighted by Gasteiger charge is -2.36. The molecular weight excluding hydrogens is 316 g/mol. The van der Waals surface area contributed by atoms with E-state index in [0.29, 0.717) is 12.0 Å². The summed E-state index contributed by atoms with van der Waals surface area (Å²) >= 11 is 0. The van der Waals surface area contributed by atoms with Crippen LogP contribution in [0.1, 0.15) is 32.2 Å². The fourth-order valence-electron chi connectivity index (χ4n) is 3.49. The Bertz CT molecular complexity index is 564. The average Bonchev–Trinajstić information content (AvgIpc) is 2.54. The second-order valence-corrected chi connectivity index (χ2v) is 7.34. The maximum Gasteiger partial charge on any atom is 0.317 e. The minimum absolute atomic E-state index is 0.0954. The topological polar surface area (TPSA) is 59.9 Å². The smallest absolute Gasteiger partial charge is 0.317 e. The molecule has 140 valence electrons. The Labute approximate surface area is 151 Å². The minimum Gasteiger partial charge on any atom is -0.480 e. The minimum atomic E-state index is -0.757. The molecule has 1 aliphatic heterocycles. The number of carboxylic acid groups (broad SMARTS) is 1. The van der Waals surface area contributed by atoms with Crippen LogP contribution in [0.25, 0.3) is 0 Å². The first-order valence-electron chi connectivity index (χ1n) is 9.20. The number of likely N-dealkylation sites (N-methyl/N-ethyl adjacent to an activating group) is 2. The summed E-state index contributed by atoms with van der Waals surface area (Å²) in [5, 5.41) is 9.29. The molecule has 1 N–H and O–H groups in total. The van der Waals surface area contributed by atoms with Gasteiger partial charge in [0, 0.05) is 38.8 Å². The quantitative estimate of drug-likeness (QED) is 0.895. The van der Waals surface area contributed by atoms with Gasteiger partial charge >= 0.3 is 5.97 Å². The van der Waals surface area contributed by atoms with Crippen LogP contribution in [-0.2, 0) is 17.9 Å². The number of carboxylic acids is 1. The highest BCUT2D eigenvalue weighted by Gasteiger charge is 2.24. The van der Waals surface area contributed by atoms with Crippen molar-refractivity contribution < 1.29 is 9.90 Å². The Morgan fingerprint density at radius 3 is 2.48 bits per heavy atom. The molecule has 2 bridgehead atoms. The van der Waals surface area contributed by atoms with Crippen LogP contribution < -0.4 is 0 Å². The zero-order valence-electron chi connectivity index (χ0n) is 16.0. The molecule has 1 unspecified atom stereocenters. The van der Waals surface area contributed by atoms with Gasteiger partial charge in [0.15, 0.2) is 0 Å². The maximum atomic E-state index is 11.3. The third-order valence-electron chi connectivity index (χ3n) is 4.98. The van der Waals surface area contributed by atoms with Gasteiger partial charge in [-0.25, -0.2) is 0 Å². The number of pyridine rings is 1. The first-order valence-corrected chi connectivity index (χ1v) is 9.20. The molecule has 1 aliphatic rings. The van der Waals surface area contributed by atoms with Gasteiger partial charge in [-0.2, -0.15) is 0 Å². The summed E-state index contributed by atoms with van der Waals surface area (Å²) in [7, 11) is 2.11. The molecule has 6 heteroatoms. The van der Waals surface area contributed by atoms with Crippen molar-refractivity contribution in [2.24, 2.45) is 5.92 Å². The Morgan fingerprint density at radius 2 is 1.88 bits per heavy atom. The Balaban J connectivity index is 2.28. The number of rotatable bonds is 4.